The quantitative estimate of drug-likeness (QED) is 0.827. The van der Waals surface area contributed by atoms with E-state index >= 15 is 0 Å². The van der Waals surface area contributed by atoms with Gasteiger partial charge in [-0.25, -0.2) is 4.39 Å². The van der Waals surface area contributed by atoms with Crippen LogP contribution < -0.4 is 10.6 Å². The second-order valence-corrected chi connectivity index (χ2v) is 4.97. The van der Waals surface area contributed by atoms with Crippen LogP contribution in [0, 0.1) is 5.82 Å². The van der Waals surface area contributed by atoms with Crippen LogP contribution in [0.1, 0.15) is 17.3 Å². The van der Waals surface area contributed by atoms with Gasteiger partial charge in [-0.05, 0) is 25.1 Å². The van der Waals surface area contributed by atoms with Crippen molar-refractivity contribution in [2.24, 2.45) is 0 Å². The maximum Gasteiger partial charge on any atom is 0.259 e. The molecule has 0 aliphatic carbocycles. The van der Waals surface area contributed by atoms with E-state index in [9.17, 15) is 9.18 Å². The summed E-state index contributed by atoms with van der Waals surface area (Å²) >= 11 is 11.4. The lowest BCUT2D eigenvalue weighted by Gasteiger charge is -2.11. The van der Waals surface area contributed by atoms with Crippen molar-refractivity contribution in [3.8, 4) is 0 Å². The van der Waals surface area contributed by atoms with E-state index in [0.29, 0.717) is 23.5 Å². The average molecular weight is 328 g/mol. The molecule has 0 saturated carbocycles. The van der Waals surface area contributed by atoms with Gasteiger partial charge in [-0.2, -0.15) is 0 Å². The van der Waals surface area contributed by atoms with Crippen molar-refractivity contribution < 1.29 is 9.18 Å². The molecule has 0 spiro atoms. The van der Waals surface area contributed by atoms with Crippen molar-refractivity contribution >= 4 is 40.5 Å². The number of carbonyl (C=O) groups is 1. The van der Waals surface area contributed by atoms with Crippen LogP contribution in [0.2, 0.25) is 10.0 Å². The van der Waals surface area contributed by atoms with E-state index in [4.69, 9.17) is 23.2 Å². The Morgan fingerprint density at radius 1 is 1.33 bits per heavy atom. The van der Waals surface area contributed by atoms with Crippen LogP contribution in [0.3, 0.4) is 0 Å². The fraction of sp³-hybridized carbons (Fsp3) is 0.143. The Kier molecular flexibility index (Phi) is 4.98. The third kappa shape index (κ3) is 3.62. The molecule has 0 atom stereocenters. The zero-order valence-corrected chi connectivity index (χ0v) is 12.6. The first kappa shape index (κ1) is 15.5. The molecule has 4 nitrogen and oxygen atoms in total. The number of nitrogens with one attached hydrogen (secondary N) is 2. The van der Waals surface area contributed by atoms with Gasteiger partial charge in [-0.15, -0.1) is 0 Å². The highest BCUT2D eigenvalue weighted by molar-refractivity contribution is 6.35. The minimum Gasteiger partial charge on any atom is -0.385 e. The summed E-state index contributed by atoms with van der Waals surface area (Å²) in [6.07, 6.45) is 3.03. The van der Waals surface area contributed by atoms with E-state index in [-0.39, 0.29) is 10.0 Å². The number of carbonyl (C=O) groups excluding carboxylic acids is 1. The van der Waals surface area contributed by atoms with E-state index in [0.717, 1.165) is 0 Å². The number of halogens is 3. The van der Waals surface area contributed by atoms with E-state index in [1.807, 2.05) is 6.92 Å². The molecule has 0 aliphatic heterocycles. The third-order valence-corrected chi connectivity index (χ3v) is 3.22. The molecular formula is C14H12Cl2FN3O. The molecule has 0 saturated heterocycles. The zero-order chi connectivity index (χ0) is 15.4. The number of hydrogen-bond donors (Lipinski definition) is 2. The second-order valence-electron chi connectivity index (χ2n) is 4.16. The lowest BCUT2D eigenvalue weighted by atomic mass is 10.2. The second kappa shape index (κ2) is 6.74. The highest BCUT2D eigenvalue weighted by Crippen LogP contribution is 2.28. The molecule has 0 fully saturated rings. The van der Waals surface area contributed by atoms with Gasteiger partial charge in [0.1, 0.15) is 0 Å². The minimum atomic E-state index is -0.717. The maximum atomic E-state index is 13.3. The van der Waals surface area contributed by atoms with E-state index in [1.54, 1.807) is 12.3 Å². The molecule has 7 heteroatoms. The molecule has 1 heterocycles. The number of rotatable bonds is 4. The fourth-order valence-electron chi connectivity index (χ4n) is 1.75. The molecule has 2 N–H and O–H groups in total. The summed E-state index contributed by atoms with van der Waals surface area (Å²) in [7, 11) is 0. The minimum absolute atomic E-state index is 0.157. The fourth-order valence-corrected chi connectivity index (χ4v) is 2.23. The lowest BCUT2D eigenvalue weighted by Crippen LogP contribution is -2.15. The summed E-state index contributed by atoms with van der Waals surface area (Å²) in [6.45, 7) is 2.58. The summed E-state index contributed by atoms with van der Waals surface area (Å²) in [5.41, 5.74) is 1.34. The summed E-state index contributed by atoms with van der Waals surface area (Å²) < 4.78 is 13.3. The molecule has 2 rings (SSSR count). The highest BCUT2D eigenvalue weighted by atomic mass is 35.5. The summed E-state index contributed by atoms with van der Waals surface area (Å²) in [5, 5.41) is 5.36. The van der Waals surface area contributed by atoms with Crippen LogP contribution in [-0.2, 0) is 0 Å². The largest absolute Gasteiger partial charge is 0.385 e. The van der Waals surface area contributed by atoms with Crippen LogP contribution in [0.15, 0.2) is 30.6 Å². The Morgan fingerprint density at radius 2 is 2.00 bits per heavy atom. The first-order valence-corrected chi connectivity index (χ1v) is 6.92. The van der Waals surface area contributed by atoms with E-state index in [1.165, 1.54) is 18.3 Å². The van der Waals surface area contributed by atoms with Crippen LogP contribution in [0.25, 0.3) is 0 Å². The number of aromatic nitrogens is 1. The Hall–Kier alpha value is -1.85. The van der Waals surface area contributed by atoms with Gasteiger partial charge in [-0.3, -0.25) is 9.78 Å². The first-order chi connectivity index (χ1) is 10.0. The predicted molar refractivity (Wildman–Crippen MR) is 82.8 cm³/mol. The Labute approximate surface area is 131 Å². The van der Waals surface area contributed by atoms with Gasteiger partial charge >= 0.3 is 0 Å². The number of pyridine rings is 1. The molecule has 21 heavy (non-hydrogen) atoms. The summed E-state index contributed by atoms with van der Waals surface area (Å²) in [6, 6.07) is 4.29. The average Bonchev–Trinajstić information content (AvgIpc) is 2.45. The Morgan fingerprint density at radius 3 is 2.62 bits per heavy atom. The van der Waals surface area contributed by atoms with Gasteiger partial charge in [0.25, 0.3) is 5.91 Å². The molecule has 0 bridgehead atoms. The zero-order valence-electron chi connectivity index (χ0n) is 11.1. The maximum absolute atomic E-state index is 13.3. The first-order valence-electron chi connectivity index (χ1n) is 6.16. The van der Waals surface area contributed by atoms with Crippen molar-refractivity contribution in [1.29, 1.82) is 0 Å². The molecule has 0 radical (unpaired) electrons. The molecular weight excluding hydrogens is 316 g/mol. The van der Waals surface area contributed by atoms with Crippen LogP contribution in [0.5, 0.6) is 0 Å². The van der Waals surface area contributed by atoms with Gasteiger partial charge in [-0.1, -0.05) is 23.2 Å². The van der Waals surface area contributed by atoms with E-state index in [2.05, 4.69) is 15.6 Å². The monoisotopic (exact) mass is 327 g/mol. The Bertz CT molecular complexity index is 656. The molecule has 110 valence electrons. The summed E-state index contributed by atoms with van der Waals surface area (Å²) in [4.78, 5) is 16.2. The molecule has 0 unspecified atom stereocenters. The van der Waals surface area contributed by atoms with Gasteiger partial charge in [0.2, 0.25) is 0 Å². The van der Waals surface area contributed by atoms with Crippen LogP contribution >= 0.6 is 23.2 Å². The highest BCUT2D eigenvalue weighted by Gasteiger charge is 2.14. The van der Waals surface area contributed by atoms with Crippen molar-refractivity contribution in [3.63, 3.8) is 0 Å². The van der Waals surface area contributed by atoms with Crippen molar-refractivity contribution in [2.45, 2.75) is 6.92 Å². The van der Waals surface area contributed by atoms with Crippen molar-refractivity contribution in [3.05, 3.63) is 52.0 Å². The summed E-state index contributed by atoms with van der Waals surface area (Å²) in [5.74, 6) is -1.11. The van der Waals surface area contributed by atoms with Crippen LogP contribution in [0.4, 0.5) is 15.8 Å². The Balaban J connectivity index is 2.26. The smallest absolute Gasteiger partial charge is 0.259 e. The van der Waals surface area contributed by atoms with E-state index < -0.39 is 11.7 Å². The molecule has 0 aliphatic rings. The number of anilines is 2. The normalized spacial score (nSPS) is 10.3. The SMILES string of the molecule is CCNc1ccncc1C(=O)Nc1cc(Cl)c(F)c(Cl)c1. The van der Waals surface area contributed by atoms with Gasteiger partial charge < -0.3 is 10.6 Å². The molecule has 1 aromatic carbocycles. The predicted octanol–water partition coefficient (Wildman–Crippen LogP) is 4.21. The van der Waals surface area contributed by atoms with Crippen molar-refractivity contribution in [2.75, 3.05) is 17.2 Å². The topological polar surface area (TPSA) is 54.0 Å². The van der Waals surface area contributed by atoms with Crippen molar-refractivity contribution in [1.82, 2.24) is 4.98 Å². The lowest BCUT2D eigenvalue weighted by molar-refractivity contribution is 0.102. The van der Waals surface area contributed by atoms with Gasteiger partial charge in [0.05, 0.1) is 21.3 Å². The van der Waals surface area contributed by atoms with Gasteiger partial charge in [0.15, 0.2) is 5.82 Å². The molecule has 1 amide bonds. The van der Waals surface area contributed by atoms with Crippen LogP contribution in [-0.4, -0.2) is 17.4 Å². The number of benzene rings is 1. The van der Waals surface area contributed by atoms with Gasteiger partial charge in [0, 0.05) is 24.6 Å². The molecule has 1 aromatic heterocycles. The molecule has 2 aromatic rings. The number of nitrogens with zero attached hydrogens (tertiary/aromatic N) is 1. The standard InChI is InChI=1S/C14H12Cl2FN3O/c1-2-19-12-3-4-18-7-9(12)14(21)20-8-5-10(15)13(17)11(16)6-8/h3-7H,2H2,1H3,(H,18,19)(H,20,21). The third-order valence-electron chi connectivity index (χ3n) is 2.67. The number of hydrogen-bond acceptors (Lipinski definition) is 3. The number of amides is 1.